The Labute approximate surface area is 163 Å². The third kappa shape index (κ3) is 2.37. The van der Waals surface area contributed by atoms with Crippen molar-refractivity contribution in [2.75, 3.05) is 13.2 Å². The molecule has 4 aromatic heterocycles. The van der Waals surface area contributed by atoms with Crippen molar-refractivity contribution in [2.45, 2.75) is 6.04 Å². The van der Waals surface area contributed by atoms with Gasteiger partial charge in [0.15, 0.2) is 0 Å². The van der Waals surface area contributed by atoms with Gasteiger partial charge in [-0.15, -0.1) is 0 Å². The maximum Gasteiger partial charge on any atom is 0.306 e. The number of imidazole rings is 1. The molecule has 0 bridgehead atoms. The molecular weight excluding hydrogens is 372 g/mol. The first-order valence-corrected chi connectivity index (χ1v) is 9.23. The average molecular weight is 388 g/mol. The van der Waals surface area contributed by atoms with Gasteiger partial charge in [0.1, 0.15) is 17.7 Å². The van der Waals surface area contributed by atoms with Crippen LogP contribution in [0, 0.1) is 0 Å². The lowest BCUT2D eigenvalue weighted by Gasteiger charge is -2.25. The summed E-state index contributed by atoms with van der Waals surface area (Å²) in [4.78, 5) is 21.6. The summed E-state index contributed by atoms with van der Waals surface area (Å²) in [5, 5.41) is 5.25. The predicted octanol–water partition coefficient (Wildman–Crippen LogP) is 2.28. The number of benzene rings is 1. The monoisotopic (exact) mass is 388 g/mol. The molecule has 0 aliphatic carbocycles. The van der Waals surface area contributed by atoms with Crippen LogP contribution in [0.15, 0.2) is 58.5 Å². The second-order valence-electron chi connectivity index (χ2n) is 7.13. The van der Waals surface area contributed by atoms with Crippen molar-refractivity contribution >= 4 is 16.7 Å². The molecule has 0 saturated carbocycles. The minimum atomic E-state index is -0.0967. The highest BCUT2D eigenvalue weighted by Crippen LogP contribution is 2.33. The molecule has 0 spiro atoms. The number of aryl methyl sites for hydroxylation is 1. The van der Waals surface area contributed by atoms with E-state index in [1.54, 1.807) is 13.3 Å². The Hall–Kier alpha value is -3.72. The largest absolute Gasteiger partial charge is 0.432 e. The Morgan fingerprint density at radius 1 is 1.17 bits per heavy atom. The number of rotatable bonds is 3. The van der Waals surface area contributed by atoms with E-state index < -0.39 is 0 Å². The Kier molecular flexibility index (Phi) is 3.30. The number of oxazole rings is 1. The Balaban J connectivity index is 1.57. The van der Waals surface area contributed by atoms with E-state index >= 15 is 0 Å². The Morgan fingerprint density at radius 2 is 2.07 bits per heavy atom. The molecule has 29 heavy (non-hydrogen) atoms. The fraction of sp³-hybridized carbons (Fsp3) is 0.200. The van der Waals surface area contributed by atoms with Gasteiger partial charge in [0, 0.05) is 25.0 Å². The average Bonchev–Trinajstić information content (AvgIpc) is 3.39. The van der Waals surface area contributed by atoms with Gasteiger partial charge in [0.2, 0.25) is 0 Å². The van der Waals surface area contributed by atoms with E-state index in [1.165, 1.54) is 10.9 Å². The summed E-state index contributed by atoms with van der Waals surface area (Å²) in [6, 6.07) is 7.82. The third-order valence-electron chi connectivity index (χ3n) is 5.30. The summed E-state index contributed by atoms with van der Waals surface area (Å²) in [6.07, 6.45) is 6.86. The normalized spacial score (nSPS) is 14.7. The number of fused-ring (bicyclic) bond motifs is 2. The lowest BCUT2D eigenvalue weighted by atomic mass is 10.1. The van der Waals surface area contributed by atoms with E-state index in [0.29, 0.717) is 35.7 Å². The lowest BCUT2D eigenvalue weighted by Crippen LogP contribution is -2.30. The zero-order valence-corrected chi connectivity index (χ0v) is 15.5. The Bertz CT molecular complexity index is 1440. The summed E-state index contributed by atoms with van der Waals surface area (Å²) in [6.45, 7) is 1.33. The topological polar surface area (TPSA) is 92.4 Å². The maximum atomic E-state index is 12.6. The van der Waals surface area contributed by atoms with Gasteiger partial charge >= 0.3 is 5.84 Å². The van der Waals surface area contributed by atoms with E-state index in [-0.39, 0.29) is 11.6 Å². The number of aromatic nitrogens is 6. The van der Waals surface area contributed by atoms with Crippen LogP contribution in [0.1, 0.15) is 6.04 Å². The van der Waals surface area contributed by atoms with E-state index in [4.69, 9.17) is 14.3 Å². The smallest absolute Gasteiger partial charge is 0.306 e. The third-order valence-corrected chi connectivity index (χ3v) is 5.30. The molecule has 1 fully saturated rings. The van der Waals surface area contributed by atoms with Gasteiger partial charge in [0.25, 0.3) is 5.56 Å². The standard InChI is InChI=1S/C20H16N6O3/c1-24-11-21-15-3-2-12(8-14(15)19(24)27)18-17(22-20-25(18)6-7-29-20)16-4-5-26(23-16)13-9-28-10-13/h2-8,11,13H,9-10H2,1H3. The van der Waals surface area contributed by atoms with Crippen molar-refractivity contribution in [1.29, 1.82) is 0 Å². The highest BCUT2D eigenvalue weighted by atomic mass is 16.5. The molecule has 1 aromatic carbocycles. The highest BCUT2D eigenvalue weighted by Gasteiger charge is 2.24. The van der Waals surface area contributed by atoms with Gasteiger partial charge in [0.05, 0.1) is 42.2 Å². The molecule has 9 nitrogen and oxygen atoms in total. The first-order valence-electron chi connectivity index (χ1n) is 9.23. The second-order valence-corrected chi connectivity index (χ2v) is 7.13. The minimum Gasteiger partial charge on any atom is -0.432 e. The first-order chi connectivity index (χ1) is 14.2. The molecule has 6 rings (SSSR count). The number of ether oxygens (including phenoxy) is 1. The van der Waals surface area contributed by atoms with Gasteiger partial charge in [-0.25, -0.2) is 4.98 Å². The van der Waals surface area contributed by atoms with Crippen LogP contribution in [0.5, 0.6) is 0 Å². The van der Waals surface area contributed by atoms with Crippen LogP contribution in [0.4, 0.5) is 0 Å². The molecule has 0 N–H and O–H groups in total. The summed E-state index contributed by atoms with van der Waals surface area (Å²) in [5.74, 6) is 0.468. The van der Waals surface area contributed by atoms with E-state index in [9.17, 15) is 4.79 Å². The van der Waals surface area contributed by atoms with Gasteiger partial charge in [-0.1, -0.05) is 6.07 Å². The van der Waals surface area contributed by atoms with Crippen LogP contribution >= 0.6 is 0 Å². The van der Waals surface area contributed by atoms with Gasteiger partial charge in [-0.3, -0.25) is 13.9 Å². The molecular formula is C20H16N6O3. The molecule has 0 atom stereocenters. The summed E-state index contributed by atoms with van der Waals surface area (Å²) in [5.41, 5.74) is 3.65. The van der Waals surface area contributed by atoms with Crippen LogP contribution < -0.4 is 5.56 Å². The lowest BCUT2D eigenvalue weighted by molar-refractivity contribution is -0.0285. The van der Waals surface area contributed by atoms with Crippen LogP contribution in [0.3, 0.4) is 0 Å². The molecule has 1 saturated heterocycles. The zero-order valence-electron chi connectivity index (χ0n) is 15.5. The van der Waals surface area contributed by atoms with E-state index in [2.05, 4.69) is 9.97 Å². The first kappa shape index (κ1) is 16.3. The van der Waals surface area contributed by atoms with Crippen molar-refractivity contribution in [3.63, 3.8) is 0 Å². The minimum absolute atomic E-state index is 0.0967. The molecule has 9 heteroatoms. The Morgan fingerprint density at radius 3 is 2.90 bits per heavy atom. The molecule has 5 heterocycles. The zero-order chi connectivity index (χ0) is 19.5. The van der Waals surface area contributed by atoms with Gasteiger partial charge in [-0.05, 0) is 18.2 Å². The number of hydrogen-bond acceptors (Lipinski definition) is 6. The fourth-order valence-electron chi connectivity index (χ4n) is 3.64. The molecule has 0 amide bonds. The van der Waals surface area contributed by atoms with Crippen molar-refractivity contribution in [3.05, 3.63) is 59.6 Å². The second kappa shape index (κ2) is 5.89. The predicted molar refractivity (Wildman–Crippen MR) is 105 cm³/mol. The maximum absolute atomic E-state index is 12.6. The van der Waals surface area contributed by atoms with Gasteiger partial charge in [-0.2, -0.15) is 10.1 Å². The molecule has 5 aromatic rings. The molecule has 1 aliphatic heterocycles. The summed E-state index contributed by atoms with van der Waals surface area (Å²) in [7, 11) is 1.69. The SMILES string of the molecule is Cn1cnc2ccc(-c3c(-c4ccn(C5COC5)n4)nc4occn34)cc2c1=O. The van der Waals surface area contributed by atoms with E-state index in [1.807, 2.05) is 45.7 Å². The van der Waals surface area contributed by atoms with Crippen LogP contribution in [0.2, 0.25) is 0 Å². The van der Waals surface area contributed by atoms with E-state index in [0.717, 1.165) is 17.0 Å². The highest BCUT2D eigenvalue weighted by molar-refractivity contribution is 5.87. The molecule has 144 valence electrons. The number of nitrogens with zero attached hydrogens (tertiary/aromatic N) is 6. The van der Waals surface area contributed by atoms with Crippen molar-refractivity contribution in [2.24, 2.45) is 7.05 Å². The summed E-state index contributed by atoms with van der Waals surface area (Å²) < 4.78 is 16.0. The van der Waals surface area contributed by atoms with Crippen molar-refractivity contribution in [1.82, 2.24) is 28.7 Å². The quantitative estimate of drug-likeness (QED) is 0.471. The van der Waals surface area contributed by atoms with Crippen LogP contribution in [-0.2, 0) is 11.8 Å². The van der Waals surface area contributed by atoms with Gasteiger partial charge < -0.3 is 13.7 Å². The van der Waals surface area contributed by atoms with Crippen LogP contribution in [0.25, 0.3) is 39.4 Å². The molecule has 0 radical (unpaired) electrons. The molecule has 0 unspecified atom stereocenters. The van der Waals surface area contributed by atoms with Crippen LogP contribution in [-0.4, -0.2) is 41.9 Å². The summed E-state index contributed by atoms with van der Waals surface area (Å²) >= 11 is 0. The van der Waals surface area contributed by atoms with Crippen molar-refractivity contribution in [3.8, 4) is 22.6 Å². The number of hydrogen-bond donors (Lipinski definition) is 0. The fourth-order valence-corrected chi connectivity index (χ4v) is 3.64. The molecule has 1 aliphatic rings. The van der Waals surface area contributed by atoms with Crippen molar-refractivity contribution < 1.29 is 9.15 Å².